The fraction of sp³-hybridized carbons (Fsp3) is 0.423. The molecule has 1 aliphatic rings. The van der Waals surface area contributed by atoms with Gasteiger partial charge in [0, 0.05) is 50.0 Å². The molecule has 188 valence electrons. The average Bonchev–Trinajstić information content (AvgIpc) is 3.47. The van der Waals surface area contributed by atoms with E-state index in [-0.39, 0.29) is 18.2 Å². The molecular weight excluding hydrogens is 456 g/mol. The van der Waals surface area contributed by atoms with E-state index in [0.717, 1.165) is 33.9 Å². The van der Waals surface area contributed by atoms with E-state index in [9.17, 15) is 4.79 Å². The van der Waals surface area contributed by atoms with Crippen LogP contribution in [-0.2, 0) is 4.74 Å². The molecule has 2 atom stereocenters. The Labute approximate surface area is 210 Å². The van der Waals surface area contributed by atoms with E-state index in [1.54, 1.807) is 23.6 Å². The number of anilines is 1. The topological polar surface area (TPSA) is 94.2 Å². The molecule has 1 amide bonds. The maximum absolute atomic E-state index is 12.9. The number of carbonyl (C=O) groups excluding carboxylic acids is 1. The second-order valence-electron chi connectivity index (χ2n) is 10.4. The quantitative estimate of drug-likeness (QED) is 0.428. The van der Waals surface area contributed by atoms with Crippen LogP contribution in [-0.4, -0.2) is 71.1 Å². The van der Waals surface area contributed by atoms with Gasteiger partial charge in [-0.1, -0.05) is 0 Å². The number of ether oxygens (including phenoxy) is 1. The molecule has 0 aliphatic carbocycles. The molecule has 4 aromatic rings. The van der Waals surface area contributed by atoms with Gasteiger partial charge in [-0.3, -0.25) is 4.57 Å². The first-order chi connectivity index (χ1) is 17.1. The highest BCUT2D eigenvalue weighted by Crippen LogP contribution is 2.34. The molecule has 1 aliphatic heterocycles. The van der Waals surface area contributed by atoms with Crippen molar-refractivity contribution in [1.29, 1.82) is 0 Å². The van der Waals surface area contributed by atoms with Crippen molar-refractivity contribution in [1.82, 2.24) is 34.2 Å². The van der Waals surface area contributed by atoms with Crippen molar-refractivity contribution in [2.45, 2.75) is 59.2 Å². The number of pyridine rings is 1. The summed E-state index contributed by atoms with van der Waals surface area (Å²) in [5.41, 5.74) is 2.18. The summed E-state index contributed by atoms with van der Waals surface area (Å²) >= 11 is 0. The third-order valence-corrected chi connectivity index (χ3v) is 6.33. The molecular formula is C26H32N8O2. The first-order valence-corrected chi connectivity index (χ1v) is 12.2. The number of piperazine rings is 1. The second kappa shape index (κ2) is 8.92. The van der Waals surface area contributed by atoms with E-state index in [0.29, 0.717) is 13.1 Å². The molecule has 1 saturated heterocycles. The van der Waals surface area contributed by atoms with Crippen molar-refractivity contribution in [3.63, 3.8) is 0 Å². The summed E-state index contributed by atoms with van der Waals surface area (Å²) in [6.07, 6.45) is 8.76. The largest absolute Gasteiger partial charge is 0.444 e. The number of aryl methyl sites for hydroxylation is 1. The highest BCUT2D eigenvalue weighted by atomic mass is 16.6. The highest BCUT2D eigenvalue weighted by molar-refractivity contribution is 5.96. The standard InChI is InChI=1S/C26H32N8O2/c1-17-8-10-27-21(12-17)33-15-20(34-11-7-9-30-34)22-23(28-16-29-24(22)33)31-13-19(3)32(14-18(31)2)25(35)36-26(4,5)6/h7-12,15-16,18-19H,13-14H2,1-6H3/t18-,19+/m0/s1. The van der Waals surface area contributed by atoms with Crippen molar-refractivity contribution in [3.8, 4) is 11.5 Å². The van der Waals surface area contributed by atoms with Crippen molar-refractivity contribution >= 4 is 22.9 Å². The summed E-state index contributed by atoms with van der Waals surface area (Å²) in [5, 5.41) is 5.37. The summed E-state index contributed by atoms with van der Waals surface area (Å²) in [4.78, 5) is 30.9. The SMILES string of the molecule is Cc1ccnc(-n2cc(-n3cccn3)c3c(N4C[C@@H](C)N(C(=O)OC(C)(C)C)C[C@@H]4C)ncnc32)c1. The molecule has 1 fully saturated rings. The lowest BCUT2D eigenvalue weighted by Gasteiger charge is -2.44. The van der Waals surface area contributed by atoms with Crippen LogP contribution in [0.5, 0.6) is 0 Å². The molecule has 4 aromatic heterocycles. The summed E-state index contributed by atoms with van der Waals surface area (Å²) in [7, 11) is 0. The molecule has 36 heavy (non-hydrogen) atoms. The fourth-order valence-electron chi connectivity index (χ4n) is 4.65. The molecule has 0 radical (unpaired) electrons. The van der Waals surface area contributed by atoms with Gasteiger partial charge in [0.05, 0.1) is 11.1 Å². The van der Waals surface area contributed by atoms with Gasteiger partial charge in [-0.25, -0.2) is 24.4 Å². The zero-order valence-electron chi connectivity index (χ0n) is 21.6. The van der Waals surface area contributed by atoms with E-state index in [1.807, 2.05) is 74.5 Å². The van der Waals surface area contributed by atoms with Gasteiger partial charge in [0.1, 0.15) is 23.6 Å². The molecule has 0 N–H and O–H groups in total. The van der Waals surface area contributed by atoms with Gasteiger partial charge in [0.25, 0.3) is 0 Å². The van der Waals surface area contributed by atoms with Crippen LogP contribution in [0.4, 0.5) is 10.6 Å². The summed E-state index contributed by atoms with van der Waals surface area (Å²) in [6, 6.07) is 5.84. The molecule has 5 rings (SSSR count). The van der Waals surface area contributed by atoms with Gasteiger partial charge in [0.2, 0.25) is 0 Å². The zero-order chi connectivity index (χ0) is 25.6. The molecule has 0 bridgehead atoms. The lowest BCUT2D eigenvalue weighted by molar-refractivity contribution is 0.0130. The van der Waals surface area contributed by atoms with Crippen LogP contribution in [0.25, 0.3) is 22.5 Å². The predicted molar refractivity (Wildman–Crippen MR) is 138 cm³/mol. The maximum Gasteiger partial charge on any atom is 0.410 e. The minimum absolute atomic E-state index is 0.0118. The number of nitrogens with zero attached hydrogens (tertiary/aromatic N) is 8. The number of carbonyl (C=O) groups is 1. The Hall–Kier alpha value is -3.95. The normalized spacial score (nSPS) is 18.6. The number of hydrogen-bond donors (Lipinski definition) is 0. The summed E-state index contributed by atoms with van der Waals surface area (Å²) < 4.78 is 9.47. The number of hydrogen-bond acceptors (Lipinski definition) is 7. The first kappa shape index (κ1) is 23.8. The van der Waals surface area contributed by atoms with Crippen LogP contribution < -0.4 is 4.90 Å². The van der Waals surface area contributed by atoms with E-state index in [4.69, 9.17) is 9.72 Å². The Morgan fingerprint density at radius 3 is 2.58 bits per heavy atom. The van der Waals surface area contributed by atoms with Crippen LogP contribution in [0.15, 0.2) is 49.3 Å². The van der Waals surface area contributed by atoms with Gasteiger partial charge in [-0.2, -0.15) is 5.10 Å². The minimum Gasteiger partial charge on any atom is -0.444 e. The number of fused-ring (bicyclic) bond motifs is 1. The van der Waals surface area contributed by atoms with Crippen molar-refractivity contribution in [2.75, 3.05) is 18.0 Å². The lowest BCUT2D eigenvalue weighted by atomic mass is 10.1. The van der Waals surface area contributed by atoms with E-state index in [2.05, 4.69) is 26.9 Å². The Morgan fingerprint density at radius 2 is 1.89 bits per heavy atom. The molecule has 0 aromatic carbocycles. The molecule has 10 heteroatoms. The number of aromatic nitrogens is 6. The van der Waals surface area contributed by atoms with Crippen LogP contribution in [0.1, 0.15) is 40.2 Å². The van der Waals surface area contributed by atoms with E-state index < -0.39 is 5.60 Å². The highest BCUT2D eigenvalue weighted by Gasteiger charge is 2.36. The molecule has 0 saturated carbocycles. The van der Waals surface area contributed by atoms with Gasteiger partial charge < -0.3 is 14.5 Å². The van der Waals surface area contributed by atoms with Crippen molar-refractivity contribution in [3.05, 3.63) is 54.9 Å². The predicted octanol–water partition coefficient (Wildman–Crippen LogP) is 4.14. The smallest absolute Gasteiger partial charge is 0.410 e. The fourth-order valence-corrected chi connectivity index (χ4v) is 4.65. The number of amides is 1. The van der Waals surface area contributed by atoms with Gasteiger partial charge in [0.15, 0.2) is 5.65 Å². The second-order valence-corrected chi connectivity index (χ2v) is 10.4. The molecule has 10 nitrogen and oxygen atoms in total. The molecule has 0 spiro atoms. The van der Waals surface area contributed by atoms with Crippen molar-refractivity contribution < 1.29 is 9.53 Å². The lowest BCUT2D eigenvalue weighted by Crippen LogP contribution is -2.59. The molecule has 0 unspecified atom stereocenters. The average molecular weight is 489 g/mol. The van der Waals surface area contributed by atoms with Crippen LogP contribution >= 0.6 is 0 Å². The Kier molecular flexibility index (Phi) is 5.89. The van der Waals surface area contributed by atoms with Gasteiger partial charge in [-0.15, -0.1) is 0 Å². The zero-order valence-corrected chi connectivity index (χ0v) is 21.6. The van der Waals surface area contributed by atoms with E-state index in [1.165, 1.54) is 0 Å². The monoisotopic (exact) mass is 488 g/mol. The summed E-state index contributed by atoms with van der Waals surface area (Å²) in [5.74, 6) is 1.58. The minimum atomic E-state index is -0.540. The molecule has 5 heterocycles. The maximum atomic E-state index is 12.9. The first-order valence-electron chi connectivity index (χ1n) is 12.2. The summed E-state index contributed by atoms with van der Waals surface area (Å²) in [6.45, 7) is 13.0. The van der Waals surface area contributed by atoms with E-state index >= 15 is 0 Å². The van der Waals surface area contributed by atoms with Crippen LogP contribution in [0.2, 0.25) is 0 Å². The Bertz CT molecular complexity index is 1390. The number of rotatable bonds is 3. The van der Waals surface area contributed by atoms with Crippen LogP contribution in [0, 0.1) is 6.92 Å². The van der Waals surface area contributed by atoms with Crippen LogP contribution in [0.3, 0.4) is 0 Å². The van der Waals surface area contributed by atoms with Crippen molar-refractivity contribution in [2.24, 2.45) is 0 Å². The third kappa shape index (κ3) is 4.38. The van der Waals surface area contributed by atoms with Gasteiger partial charge in [-0.05, 0) is 65.3 Å². The van der Waals surface area contributed by atoms with Gasteiger partial charge >= 0.3 is 6.09 Å². The third-order valence-electron chi connectivity index (χ3n) is 6.33. The Balaban J connectivity index is 1.59. The Morgan fingerprint density at radius 1 is 1.08 bits per heavy atom.